The second kappa shape index (κ2) is 9.18. The van der Waals surface area contributed by atoms with Crippen LogP contribution in [0.15, 0.2) is 26.3 Å². The number of thiophene rings is 1. The van der Waals surface area contributed by atoms with Crippen LogP contribution in [0.3, 0.4) is 0 Å². The van der Waals surface area contributed by atoms with Crippen LogP contribution in [0.25, 0.3) is 0 Å². The Balaban J connectivity index is 0.00000264. The molecule has 11 heteroatoms. The molecule has 0 unspecified atom stereocenters. The molecule has 2 aromatic rings. The maximum Gasteiger partial charge on any atom is 0.434 e. The number of hydrogen-bond donors (Lipinski definition) is 2. The molecule has 2 heterocycles. The van der Waals surface area contributed by atoms with Crippen molar-refractivity contribution in [1.82, 2.24) is 15.6 Å². The largest absolute Gasteiger partial charge is 0.434 e. The summed E-state index contributed by atoms with van der Waals surface area (Å²) in [4.78, 5) is 8.69. The number of alkyl halides is 3. The van der Waals surface area contributed by atoms with Gasteiger partial charge in [0.05, 0.1) is 13.1 Å². The van der Waals surface area contributed by atoms with Gasteiger partial charge in [0.25, 0.3) is 0 Å². The van der Waals surface area contributed by atoms with Crippen LogP contribution in [0.4, 0.5) is 13.2 Å². The summed E-state index contributed by atoms with van der Waals surface area (Å²) in [6, 6.07) is 1.99. The molecule has 0 fully saturated rings. The number of aliphatic imine (C=N–C) groups is 1. The average molecular weight is 541 g/mol. The summed E-state index contributed by atoms with van der Waals surface area (Å²) in [7, 11) is 1.60. The Hall–Kier alpha value is -0.400. The molecular formula is C12H13BrF3IN4S2. The lowest BCUT2D eigenvalue weighted by molar-refractivity contribution is -0.140. The zero-order valence-corrected chi connectivity index (χ0v) is 17.3. The summed E-state index contributed by atoms with van der Waals surface area (Å²) >= 11 is 5.94. The predicted molar refractivity (Wildman–Crippen MR) is 102 cm³/mol. The van der Waals surface area contributed by atoms with Gasteiger partial charge in [-0.3, -0.25) is 4.99 Å². The van der Waals surface area contributed by atoms with Gasteiger partial charge in [-0.25, -0.2) is 4.98 Å². The van der Waals surface area contributed by atoms with Gasteiger partial charge in [-0.1, -0.05) is 0 Å². The molecule has 0 aromatic carbocycles. The van der Waals surface area contributed by atoms with Crippen molar-refractivity contribution in [2.24, 2.45) is 4.99 Å². The standard InChI is InChI=1S/C12H12BrF3N4S2.HI/c1-17-11(18-3-8-2-7(13)5-21-8)19-4-10-20-9(6-22-10)12(14,15)16;/h2,5-6H,3-4H2,1H3,(H2,17,18,19);1H. The zero-order valence-electron chi connectivity index (χ0n) is 11.8. The van der Waals surface area contributed by atoms with Gasteiger partial charge in [0.15, 0.2) is 11.7 Å². The van der Waals surface area contributed by atoms with Gasteiger partial charge >= 0.3 is 6.18 Å². The van der Waals surface area contributed by atoms with Crippen molar-refractivity contribution >= 4 is 68.5 Å². The molecule has 0 aliphatic carbocycles. The predicted octanol–water partition coefficient (Wildman–Crippen LogP) is 4.47. The van der Waals surface area contributed by atoms with Gasteiger partial charge in [-0.2, -0.15) is 13.2 Å². The lowest BCUT2D eigenvalue weighted by atomic mass is 10.4. The molecule has 0 bridgehead atoms. The van der Waals surface area contributed by atoms with Crippen molar-refractivity contribution < 1.29 is 13.2 Å². The van der Waals surface area contributed by atoms with E-state index >= 15 is 0 Å². The third-order valence-electron chi connectivity index (χ3n) is 2.52. The molecule has 0 saturated heterocycles. The second-order valence-corrected chi connectivity index (χ2v) is 6.99. The van der Waals surface area contributed by atoms with E-state index < -0.39 is 11.9 Å². The SMILES string of the molecule is CN=C(NCc1cc(Br)cs1)NCc1nc(C(F)(F)F)cs1.I. The van der Waals surface area contributed by atoms with Crippen molar-refractivity contribution in [2.75, 3.05) is 7.05 Å². The second-order valence-electron chi connectivity index (χ2n) is 4.13. The van der Waals surface area contributed by atoms with Crippen LogP contribution in [0, 0.1) is 0 Å². The van der Waals surface area contributed by atoms with Gasteiger partial charge in [-0.05, 0) is 22.0 Å². The van der Waals surface area contributed by atoms with E-state index in [0.29, 0.717) is 17.5 Å². The zero-order chi connectivity index (χ0) is 16.2. The van der Waals surface area contributed by atoms with E-state index in [4.69, 9.17) is 0 Å². The van der Waals surface area contributed by atoms with Gasteiger partial charge in [-0.15, -0.1) is 46.7 Å². The minimum absolute atomic E-state index is 0. The van der Waals surface area contributed by atoms with Crippen molar-refractivity contribution in [2.45, 2.75) is 19.3 Å². The van der Waals surface area contributed by atoms with Crippen molar-refractivity contribution in [3.8, 4) is 0 Å². The van der Waals surface area contributed by atoms with Crippen LogP contribution in [0.2, 0.25) is 0 Å². The molecule has 2 N–H and O–H groups in total. The van der Waals surface area contributed by atoms with Crippen LogP contribution >= 0.6 is 62.6 Å². The number of aromatic nitrogens is 1. The first-order valence-corrected chi connectivity index (χ1v) is 8.62. The summed E-state index contributed by atoms with van der Waals surface area (Å²) in [5.41, 5.74) is -0.860. The molecule has 0 radical (unpaired) electrons. The van der Waals surface area contributed by atoms with E-state index in [1.54, 1.807) is 18.4 Å². The highest BCUT2D eigenvalue weighted by Crippen LogP contribution is 2.29. The monoisotopic (exact) mass is 540 g/mol. The summed E-state index contributed by atoms with van der Waals surface area (Å²) in [5, 5.41) is 9.37. The highest BCUT2D eigenvalue weighted by atomic mass is 127. The van der Waals surface area contributed by atoms with E-state index in [1.165, 1.54) is 0 Å². The molecule has 4 nitrogen and oxygen atoms in total. The Morgan fingerprint density at radius 2 is 1.96 bits per heavy atom. The van der Waals surface area contributed by atoms with Gasteiger partial charge in [0.2, 0.25) is 0 Å². The van der Waals surface area contributed by atoms with E-state index in [1.807, 2.05) is 11.4 Å². The van der Waals surface area contributed by atoms with Crippen LogP contribution < -0.4 is 10.6 Å². The molecular weight excluding hydrogens is 528 g/mol. The molecule has 0 spiro atoms. The smallest absolute Gasteiger partial charge is 0.352 e. The van der Waals surface area contributed by atoms with E-state index in [-0.39, 0.29) is 30.5 Å². The van der Waals surface area contributed by atoms with Crippen LogP contribution in [0.1, 0.15) is 15.6 Å². The molecule has 128 valence electrons. The van der Waals surface area contributed by atoms with Crippen molar-refractivity contribution in [3.05, 3.63) is 36.9 Å². The molecule has 23 heavy (non-hydrogen) atoms. The first-order chi connectivity index (χ1) is 10.4. The first-order valence-electron chi connectivity index (χ1n) is 6.07. The van der Waals surface area contributed by atoms with E-state index in [2.05, 4.69) is 36.5 Å². The summed E-state index contributed by atoms with van der Waals surface area (Å²) in [6.07, 6.45) is -4.40. The minimum atomic E-state index is -4.40. The highest BCUT2D eigenvalue weighted by Gasteiger charge is 2.33. The molecule has 2 aromatic heterocycles. The van der Waals surface area contributed by atoms with Crippen molar-refractivity contribution in [3.63, 3.8) is 0 Å². The topological polar surface area (TPSA) is 49.3 Å². The Morgan fingerprint density at radius 1 is 1.26 bits per heavy atom. The lowest BCUT2D eigenvalue weighted by Gasteiger charge is -2.09. The first kappa shape index (κ1) is 20.6. The Kier molecular flexibility index (Phi) is 8.24. The van der Waals surface area contributed by atoms with Gasteiger partial charge in [0.1, 0.15) is 5.01 Å². The maximum atomic E-state index is 12.5. The summed E-state index contributed by atoms with van der Waals surface area (Å²) in [5.74, 6) is 0.508. The number of thiazole rings is 1. The lowest BCUT2D eigenvalue weighted by Crippen LogP contribution is -2.36. The number of rotatable bonds is 4. The number of halogens is 5. The fraction of sp³-hybridized carbons (Fsp3) is 0.333. The third-order valence-corrected chi connectivity index (χ3v) is 5.07. The number of guanidine groups is 1. The number of nitrogens with one attached hydrogen (secondary N) is 2. The molecule has 0 saturated carbocycles. The maximum absolute atomic E-state index is 12.5. The normalized spacial score (nSPS) is 12.0. The molecule has 2 rings (SSSR count). The Bertz CT molecular complexity index is 657. The third kappa shape index (κ3) is 6.55. The Labute approximate surface area is 164 Å². The number of nitrogens with zero attached hydrogens (tertiary/aromatic N) is 2. The molecule has 0 atom stereocenters. The average Bonchev–Trinajstić information content (AvgIpc) is 3.07. The summed E-state index contributed by atoms with van der Waals surface area (Å²) in [6.45, 7) is 0.774. The fourth-order valence-electron chi connectivity index (χ4n) is 1.52. The highest BCUT2D eigenvalue weighted by molar-refractivity contribution is 14.0. The summed E-state index contributed by atoms with van der Waals surface area (Å²) < 4.78 is 38.4. The Morgan fingerprint density at radius 3 is 2.48 bits per heavy atom. The van der Waals surface area contributed by atoms with Crippen LogP contribution in [-0.4, -0.2) is 18.0 Å². The molecule has 0 aliphatic rings. The molecule has 0 amide bonds. The minimum Gasteiger partial charge on any atom is -0.352 e. The van der Waals surface area contributed by atoms with E-state index in [0.717, 1.165) is 26.1 Å². The number of hydrogen-bond acceptors (Lipinski definition) is 4. The van der Waals surface area contributed by atoms with Crippen molar-refractivity contribution in [1.29, 1.82) is 0 Å². The van der Waals surface area contributed by atoms with Crippen LogP contribution in [0.5, 0.6) is 0 Å². The molecule has 0 aliphatic heterocycles. The van der Waals surface area contributed by atoms with Gasteiger partial charge < -0.3 is 10.6 Å². The van der Waals surface area contributed by atoms with Crippen LogP contribution in [-0.2, 0) is 19.3 Å². The fourth-order valence-corrected chi connectivity index (χ4v) is 3.65. The quantitative estimate of drug-likeness (QED) is 0.342. The van der Waals surface area contributed by atoms with Gasteiger partial charge in [0, 0.05) is 27.2 Å². The van der Waals surface area contributed by atoms with E-state index in [9.17, 15) is 13.2 Å².